The van der Waals surface area contributed by atoms with Crippen molar-refractivity contribution in [1.29, 1.82) is 0 Å². The van der Waals surface area contributed by atoms with Gasteiger partial charge in [0.25, 0.3) is 0 Å². The number of imidazole rings is 1. The number of H-pyrrole nitrogens is 1. The van der Waals surface area contributed by atoms with E-state index in [9.17, 15) is 0 Å². The summed E-state index contributed by atoms with van der Waals surface area (Å²) >= 11 is 5.27. The molecule has 0 bridgehead atoms. The van der Waals surface area contributed by atoms with Gasteiger partial charge < -0.3 is 4.98 Å². The normalized spacial score (nSPS) is 10.9. The summed E-state index contributed by atoms with van der Waals surface area (Å²) in [4.78, 5) is 7.35. The van der Waals surface area contributed by atoms with Gasteiger partial charge in [-0.25, -0.2) is 0 Å². The monoisotopic (exact) mass is 241 g/mol. The fraction of sp³-hybridized carbons (Fsp3) is 0.0769. The Kier molecular flexibility index (Phi) is 2.30. The summed E-state index contributed by atoms with van der Waals surface area (Å²) < 4.78 is 2.73. The number of hydrogen-bond acceptors (Lipinski definition) is 2. The van der Waals surface area contributed by atoms with Crippen LogP contribution in [0.5, 0.6) is 0 Å². The summed E-state index contributed by atoms with van der Waals surface area (Å²) in [6, 6.07) is 10.1. The van der Waals surface area contributed by atoms with Gasteiger partial charge in [0.05, 0.1) is 5.52 Å². The van der Waals surface area contributed by atoms with Crippen LogP contribution in [0.15, 0.2) is 42.7 Å². The Bertz CT molecular complexity index is 740. The molecule has 0 radical (unpaired) electrons. The van der Waals surface area contributed by atoms with Crippen LogP contribution < -0.4 is 0 Å². The highest BCUT2D eigenvalue weighted by Gasteiger charge is 2.03. The molecule has 0 fully saturated rings. The van der Waals surface area contributed by atoms with E-state index in [0.29, 0.717) is 4.77 Å². The maximum absolute atomic E-state index is 5.27. The molecule has 0 spiro atoms. The molecule has 1 N–H and O–H groups in total. The average molecular weight is 241 g/mol. The van der Waals surface area contributed by atoms with E-state index in [-0.39, 0.29) is 0 Å². The number of aromatic nitrogens is 3. The van der Waals surface area contributed by atoms with Crippen LogP contribution >= 0.6 is 12.2 Å². The third-order valence-corrected chi connectivity index (χ3v) is 3.11. The third kappa shape index (κ3) is 1.66. The smallest absolute Gasteiger partial charge is 0.182 e. The highest BCUT2D eigenvalue weighted by Crippen LogP contribution is 2.18. The second-order valence-corrected chi connectivity index (χ2v) is 4.34. The molecule has 0 aliphatic carbocycles. The largest absolute Gasteiger partial charge is 0.337 e. The standard InChI is InChI=1S/C13H11N3S/c1-9-8-15-13(17)16(9)11-4-5-12-10(7-11)3-2-6-14-12/h2-8H,1H3,(H,15,17). The summed E-state index contributed by atoms with van der Waals surface area (Å²) in [5.41, 5.74) is 3.16. The van der Waals surface area contributed by atoms with Gasteiger partial charge in [0.1, 0.15) is 0 Å². The van der Waals surface area contributed by atoms with Gasteiger partial charge in [-0.3, -0.25) is 9.55 Å². The molecule has 0 aliphatic heterocycles. The number of fused-ring (bicyclic) bond motifs is 1. The molecule has 0 amide bonds. The third-order valence-electron chi connectivity index (χ3n) is 2.81. The lowest BCUT2D eigenvalue weighted by molar-refractivity contribution is 0.987. The molecule has 84 valence electrons. The lowest BCUT2D eigenvalue weighted by Crippen LogP contribution is -1.96. The zero-order valence-electron chi connectivity index (χ0n) is 9.34. The second kappa shape index (κ2) is 3.82. The van der Waals surface area contributed by atoms with Gasteiger partial charge in [-0.05, 0) is 43.4 Å². The second-order valence-electron chi connectivity index (χ2n) is 3.95. The van der Waals surface area contributed by atoms with E-state index in [0.717, 1.165) is 22.3 Å². The van der Waals surface area contributed by atoms with Crippen LogP contribution in [0.25, 0.3) is 16.6 Å². The van der Waals surface area contributed by atoms with Crippen molar-refractivity contribution in [2.75, 3.05) is 0 Å². The maximum Gasteiger partial charge on any atom is 0.182 e. The van der Waals surface area contributed by atoms with Crippen LogP contribution in [0.3, 0.4) is 0 Å². The Hall–Kier alpha value is -1.94. The molecule has 0 unspecified atom stereocenters. The molecule has 2 heterocycles. The fourth-order valence-corrected chi connectivity index (χ4v) is 2.29. The Morgan fingerprint density at radius 2 is 2.18 bits per heavy atom. The topological polar surface area (TPSA) is 33.6 Å². The van der Waals surface area contributed by atoms with Crippen molar-refractivity contribution >= 4 is 23.1 Å². The molecule has 17 heavy (non-hydrogen) atoms. The number of hydrogen-bond donors (Lipinski definition) is 1. The Labute approximate surface area is 104 Å². The number of nitrogens with zero attached hydrogens (tertiary/aromatic N) is 2. The molecule has 0 saturated heterocycles. The quantitative estimate of drug-likeness (QED) is 0.662. The first-order chi connectivity index (χ1) is 8.25. The first-order valence-corrected chi connectivity index (χ1v) is 5.79. The van der Waals surface area contributed by atoms with E-state index in [1.54, 1.807) is 6.20 Å². The van der Waals surface area contributed by atoms with Crippen LogP contribution in [-0.2, 0) is 0 Å². The molecule has 1 aromatic carbocycles. The van der Waals surface area contributed by atoms with Crippen LogP contribution in [0.2, 0.25) is 0 Å². The number of pyridine rings is 1. The number of aromatic amines is 1. The lowest BCUT2D eigenvalue weighted by Gasteiger charge is -2.06. The van der Waals surface area contributed by atoms with E-state index in [4.69, 9.17) is 12.2 Å². The van der Waals surface area contributed by atoms with Crippen molar-refractivity contribution in [2.45, 2.75) is 6.92 Å². The van der Waals surface area contributed by atoms with Gasteiger partial charge in [0, 0.05) is 29.2 Å². The summed E-state index contributed by atoms with van der Waals surface area (Å²) in [6.45, 7) is 2.03. The molecule has 2 aromatic heterocycles. The molecule has 3 nitrogen and oxygen atoms in total. The molecule has 3 rings (SSSR count). The molecule has 0 aliphatic rings. The Balaban J connectivity index is 2.29. The van der Waals surface area contributed by atoms with Crippen LogP contribution in [-0.4, -0.2) is 14.5 Å². The van der Waals surface area contributed by atoms with Crippen LogP contribution in [0.4, 0.5) is 0 Å². The Morgan fingerprint density at radius 3 is 2.94 bits per heavy atom. The number of aryl methyl sites for hydroxylation is 1. The summed E-state index contributed by atoms with van der Waals surface area (Å²) in [7, 11) is 0. The zero-order chi connectivity index (χ0) is 11.8. The van der Waals surface area contributed by atoms with Crippen molar-refractivity contribution in [3.8, 4) is 5.69 Å². The molecular weight excluding hydrogens is 230 g/mol. The van der Waals surface area contributed by atoms with Gasteiger partial charge >= 0.3 is 0 Å². The van der Waals surface area contributed by atoms with E-state index < -0.39 is 0 Å². The first-order valence-electron chi connectivity index (χ1n) is 5.38. The SMILES string of the molecule is Cc1c[nH]c(=S)n1-c1ccc2ncccc2c1. The van der Waals surface area contributed by atoms with E-state index >= 15 is 0 Å². The van der Waals surface area contributed by atoms with Crippen LogP contribution in [0.1, 0.15) is 5.69 Å². The highest BCUT2D eigenvalue weighted by atomic mass is 32.1. The van der Waals surface area contributed by atoms with Gasteiger partial charge in [-0.15, -0.1) is 0 Å². The molecule has 0 atom stereocenters. The molecule has 0 saturated carbocycles. The van der Waals surface area contributed by atoms with Gasteiger partial charge in [-0.1, -0.05) is 6.07 Å². The summed E-state index contributed by atoms with van der Waals surface area (Å²) in [5.74, 6) is 0. The molecular formula is C13H11N3S. The minimum absolute atomic E-state index is 0.714. The van der Waals surface area contributed by atoms with E-state index in [1.165, 1.54) is 0 Å². The minimum Gasteiger partial charge on any atom is -0.337 e. The van der Waals surface area contributed by atoms with Gasteiger partial charge in [0.15, 0.2) is 4.77 Å². The maximum atomic E-state index is 5.27. The number of nitrogens with one attached hydrogen (secondary N) is 1. The lowest BCUT2D eigenvalue weighted by atomic mass is 10.2. The number of rotatable bonds is 1. The average Bonchev–Trinajstić information content (AvgIpc) is 2.68. The van der Waals surface area contributed by atoms with Crippen molar-refractivity contribution in [2.24, 2.45) is 0 Å². The van der Waals surface area contributed by atoms with Gasteiger partial charge in [0.2, 0.25) is 0 Å². The Morgan fingerprint density at radius 1 is 1.29 bits per heavy atom. The predicted octanol–water partition coefficient (Wildman–Crippen LogP) is 3.39. The van der Waals surface area contributed by atoms with Crippen molar-refractivity contribution < 1.29 is 0 Å². The number of benzene rings is 1. The summed E-state index contributed by atoms with van der Waals surface area (Å²) in [5, 5.41) is 1.12. The van der Waals surface area contributed by atoms with E-state index in [1.807, 2.05) is 35.9 Å². The molecule has 4 heteroatoms. The first kappa shape index (κ1) is 10.2. The molecule has 3 aromatic rings. The highest BCUT2D eigenvalue weighted by molar-refractivity contribution is 7.71. The summed E-state index contributed by atoms with van der Waals surface area (Å²) in [6.07, 6.45) is 3.71. The minimum atomic E-state index is 0.714. The van der Waals surface area contributed by atoms with E-state index in [2.05, 4.69) is 22.1 Å². The van der Waals surface area contributed by atoms with Crippen molar-refractivity contribution in [1.82, 2.24) is 14.5 Å². The van der Waals surface area contributed by atoms with Gasteiger partial charge in [-0.2, -0.15) is 0 Å². The fourth-order valence-electron chi connectivity index (χ4n) is 1.98. The predicted molar refractivity (Wildman–Crippen MR) is 71.0 cm³/mol. The van der Waals surface area contributed by atoms with Crippen molar-refractivity contribution in [3.05, 3.63) is 53.2 Å². The van der Waals surface area contributed by atoms with Crippen molar-refractivity contribution in [3.63, 3.8) is 0 Å². The zero-order valence-corrected chi connectivity index (χ0v) is 10.2. The van der Waals surface area contributed by atoms with Crippen LogP contribution in [0, 0.1) is 11.7 Å².